The first-order valence-electron chi connectivity index (χ1n) is 8.53. The molecule has 25 heavy (non-hydrogen) atoms. The van der Waals surface area contributed by atoms with Crippen LogP contribution < -0.4 is 5.46 Å². The number of pyridine rings is 1. The molecule has 1 aromatic carbocycles. The van der Waals surface area contributed by atoms with Crippen LogP contribution in [0.15, 0.2) is 42.9 Å². The Morgan fingerprint density at radius 1 is 1.04 bits per heavy atom. The number of rotatable bonds is 2. The fourth-order valence-corrected chi connectivity index (χ4v) is 3.02. The van der Waals surface area contributed by atoms with Gasteiger partial charge in [0.25, 0.3) is 0 Å². The van der Waals surface area contributed by atoms with Crippen LogP contribution in [-0.2, 0) is 9.31 Å². The number of aryl methyl sites for hydroxylation is 1. The van der Waals surface area contributed by atoms with Gasteiger partial charge in [-0.3, -0.25) is 0 Å². The van der Waals surface area contributed by atoms with Crippen molar-refractivity contribution in [3.63, 3.8) is 0 Å². The van der Waals surface area contributed by atoms with Crippen LogP contribution in [0.25, 0.3) is 16.6 Å². The van der Waals surface area contributed by atoms with Crippen molar-refractivity contribution in [1.82, 2.24) is 14.8 Å². The van der Waals surface area contributed by atoms with E-state index in [0.717, 1.165) is 27.6 Å². The topological polar surface area (TPSA) is 49.2 Å². The smallest absolute Gasteiger partial charge is 0.399 e. The Kier molecular flexibility index (Phi) is 3.53. The van der Waals surface area contributed by atoms with E-state index in [2.05, 4.69) is 43.8 Å². The molecule has 1 aliphatic rings. The molecule has 3 aromatic rings. The molecule has 0 saturated carbocycles. The first kappa shape index (κ1) is 16.3. The summed E-state index contributed by atoms with van der Waals surface area (Å²) < 4.78 is 14.2. The second-order valence-corrected chi connectivity index (χ2v) is 7.66. The number of hydrogen-bond acceptors (Lipinski definition) is 4. The molecule has 0 amide bonds. The summed E-state index contributed by atoms with van der Waals surface area (Å²) in [5, 5.41) is 6.46. The van der Waals surface area contributed by atoms with Crippen molar-refractivity contribution in [1.29, 1.82) is 0 Å². The van der Waals surface area contributed by atoms with Crippen molar-refractivity contribution < 1.29 is 9.31 Å². The highest BCUT2D eigenvalue weighted by Crippen LogP contribution is 2.37. The van der Waals surface area contributed by atoms with E-state index in [-0.39, 0.29) is 11.2 Å². The maximum atomic E-state index is 6.21. The second kappa shape index (κ2) is 5.41. The zero-order chi connectivity index (χ0) is 17.8. The van der Waals surface area contributed by atoms with Gasteiger partial charge in [0, 0.05) is 12.4 Å². The number of benzene rings is 1. The summed E-state index contributed by atoms with van der Waals surface area (Å²) in [5.74, 6) is 0.798. The minimum Gasteiger partial charge on any atom is -0.399 e. The molecule has 1 aliphatic heterocycles. The average Bonchev–Trinajstić information content (AvgIpc) is 3.07. The lowest BCUT2D eigenvalue weighted by Gasteiger charge is -2.32. The quantitative estimate of drug-likeness (QED) is 0.676. The molecular weight excluding hydrogens is 313 g/mol. The van der Waals surface area contributed by atoms with Crippen LogP contribution in [0.2, 0.25) is 0 Å². The Balaban J connectivity index is 1.77. The summed E-state index contributed by atoms with van der Waals surface area (Å²) in [6.07, 6.45) is 5.67. The summed E-state index contributed by atoms with van der Waals surface area (Å²) in [6, 6.07) is 8.19. The van der Waals surface area contributed by atoms with Gasteiger partial charge in [0.1, 0.15) is 0 Å². The van der Waals surface area contributed by atoms with Gasteiger partial charge in [0.2, 0.25) is 0 Å². The molecule has 0 N–H and O–H groups in total. The van der Waals surface area contributed by atoms with Crippen LogP contribution in [0.3, 0.4) is 0 Å². The van der Waals surface area contributed by atoms with Crippen LogP contribution in [0, 0.1) is 6.92 Å². The standard InChI is InChI=1S/C19H22BN3O2/c1-13-10-22-23(12-13)17-9-14-7-6-8-16(15(14)11-21-17)20-24-18(2,3)19(4,5)25-20/h6-12H,1-5H3. The third-order valence-electron chi connectivity index (χ3n) is 5.24. The van der Waals surface area contributed by atoms with E-state index in [0.29, 0.717) is 0 Å². The highest BCUT2D eigenvalue weighted by molar-refractivity contribution is 6.65. The van der Waals surface area contributed by atoms with E-state index in [1.54, 1.807) is 4.68 Å². The Morgan fingerprint density at radius 3 is 2.40 bits per heavy atom. The number of nitrogens with zero attached hydrogens (tertiary/aromatic N) is 3. The Labute approximate surface area is 148 Å². The Morgan fingerprint density at radius 2 is 1.76 bits per heavy atom. The van der Waals surface area contributed by atoms with Gasteiger partial charge in [-0.15, -0.1) is 0 Å². The molecule has 0 unspecified atom stereocenters. The number of fused-ring (bicyclic) bond motifs is 1. The third kappa shape index (κ3) is 2.66. The van der Waals surface area contributed by atoms with Crippen molar-refractivity contribution in [2.24, 2.45) is 0 Å². The van der Waals surface area contributed by atoms with Crippen molar-refractivity contribution in [3.8, 4) is 5.82 Å². The summed E-state index contributed by atoms with van der Waals surface area (Å²) >= 11 is 0. The first-order valence-corrected chi connectivity index (χ1v) is 8.53. The molecule has 6 heteroatoms. The molecule has 0 aliphatic carbocycles. The molecule has 0 radical (unpaired) electrons. The number of aromatic nitrogens is 3. The summed E-state index contributed by atoms with van der Waals surface area (Å²) in [6.45, 7) is 10.3. The van der Waals surface area contributed by atoms with Crippen molar-refractivity contribution in [2.45, 2.75) is 45.8 Å². The van der Waals surface area contributed by atoms with Gasteiger partial charge >= 0.3 is 7.12 Å². The highest BCUT2D eigenvalue weighted by Gasteiger charge is 2.52. The minimum atomic E-state index is -0.395. The van der Waals surface area contributed by atoms with E-state index in [4.69, 9.17) is 9.31 Å². The van der Waals surface area contributed by atoms with Gasteiger partial charge in [-0.1, -0.05) is 18.2 Å². The molecule has 4 rings (SSSR count). The zero-order valence-electron chi connectivity index (χ0n) is 15.3. The predicted octanol–water partition coefficient (Wildman–Crippen LogP) is 3.03. The lowest BCUT2D eigenvalue weighted by atomic mass is 9.76. The van der Waals surface area contributed by atoms with Crippen LogP contribution in [0.5, 0.6) is 0 Å². The van der Waals surface area contributed by atoms with Crippen LogP contribution >= 0.6 is 0 Å². The monoisotopic (exact) mass is 335 g/mol. The van der Waals surface area contributed by atoms with E-state index in [1.807, 2.05) is 43.7 Å². The fourth-order valence-electron chi connectivity index (χ4n) is 3.02. The Hall–Kier alpha value is -2.18. The molecule has 0 spiro atoms. The zero-order valence-corrected chi connectivity index (χ0v) is 15.3. The van der Waals surface area contributed by atoms with Gasteiger partial charge in [0.15, 0.2) is 5.82 Å². The first-order chi connectivity index (χ1) is 11.8. The molecule has 0 bridgehead atoms. The van der Waals surface area contributed by atoms with E-state index in [1.165, 1.54) is 0 Å². The van der Waals surface area contributed by atoms with Gasteiger partial charge in [0.05, 0.1) is 17.4 Å². The minimum absolute atomic E-state index is 0.361. The van der Waals surface area contributed by atoms with Gasteiger partial charge in [-0.2, -0.15) is 5.10 Å². The maximum Gasteiger partial charge on any atom is 0.495 e. The molecule has 5 nitrogen and oxygen atoms in total. The molecule has 1 fully saturated rings. The average molecular weight is 335 g/mol. The van der Waals surface area contributed by atoms with E-state index >= 15 is 0 Å². The fraction of sp³-hybridized carbons (Fsp3) is 0.368. The number of hydrogen-bond donors (Lipinski definition) is 0. The molecule has 2 aromatic heterocycles. The van der Waals surface area contributed by atoms with E-state index in [9.17, 15) is 0 Å². The maximum absolute atomic E-state index is 6.21. The summed E-state index contributed by atoms with van der Waals surface area (Å²) in [7, 11) is -0.395. The Bertz CT molecular complexity index is 933. The van der Waals surface area contributed by atoms with Crippen molar-refractivity contribution in [2.75, 3.05) is 0 Å². The van der Waals surface area contributed by atoms with Crippen molar-refractivity contribution in [3.05, 3.63) is 48.4 Å². The van der Waals surface area contributed by atoms with Crippen molar-refractivity contribution >= 4 is 23.4 Å². The van der Waals surface area contributed by atoms with Crippen LogP contribution in [-0.4, -0.2) is 33.1 Å². The predicted molar refractivity (Wildman–Crippen MR) is 99.3 cm³/mol. The highest BCUT2D eigenvalue weighted by atomic mass is 16.7. The molecule has 3 heterocycles. The molecule has 1 saturated heterocycles. The lowest BCUT2D eigenvalue weighted by molar-refractivity contribution is 0.00578. The van der Waals surface area contributed by atoms with Gasteiger partial charge < -0.3 is 9.31 Å². The van der Waals surface area contributed by atoms with Crippen LogP contribution in [0.1, 0.15) is 33.3 Å². The molecule has 128 valence electrons. The second-order valence-electron chi connectivity index (χ2n) is 7.66. The SMILES string of the molecule is Cc1cnn(-c2cc3cccc(B4OC(C)(C)C(C)(C)O4)c3cn2)c1. The van der Waals surface area contributed by atoms with Gasteiger partial charge in [-0.25, -0.2) is 9.67 Å². The van der Waals surface area contributed by atoms with Crippen LogP contribution in [0.4, 0.5) is 0 Å². The lowest BCUT2D eigenvalue weighted by Crippen LogP contribution is -2.41. The third-order valence-corrected chi connectivity index (χ3v) is 5.24. The summed E-state index contributed by atoms with van der Waals surface area (Å²) in [4.78, 5) is 4.58. The molecular formula is C19H22BN3O2. The largest absolute Gasteiger partial charge is 0.495 e. The van der Waals surface area contributed by atoms with Gasteiger partial charge in [-0.05, 0) is 62.5 Å². The summed E-state index contributed by atoms with van der Waals surface area (Å²) in [5.41, 5.74) is 1.39. The molecule has 0 atom stereocenters. The normalized spacial score (nSPS) is 18.8. The van der Waals surface area contributed by atoms with E-state index < -0.39 is 7.12 Å².